The van der Waals surface area contributed by atoms with E-state index in [1.807, 2.05) is 80.6 Å². The Labute approximate surface area is 243 Å². The second kappa shape index (κ2) is 15.9. The van der Waals surface area contributed by atoms with Crippen molar-refractivity contribution in [3.05, 3.63) is 59.9 Å². The fourth-order valence-corrected chi connectivity index (χ4v) is 5.74. The van der Waals surface area contributed by atoms with Crippen LogP contribution in [0.25, 0.3) is 11.0 Å². The summed E-state index contributed by atoms with van der Waals surface area (Å²) in [5, 5.41) is 11.6. The monoisotopic (exact) mass is 550 g/mol. The minimum atomic E-state index is -0.661. The highest BCUT2D eigenvalue weighted by atomic mass is 16.3. The molecule has 1 N–H and O–H groups in total. The second-order valence-corrected chi connectivity index (χ2v) is 10.7. The lowest BCUT2D eigenvalue weighted by atomic mass is 10.1. The van der Waals surface area contributed by atoms with E-state index in [0.29, 0.717) is 18.5 Å². The zero-order chi connectivity index (χ0) is 29.9. The van der Waals surface area contributed by atoms with Crippen LogP contribution in [-0.2, 0) is 6.54 Å². The molecular weight excluding hydrogens is 496 g/mol. The number of pyridine rings is 1. The summed E-state index contributed by atoms with van der Waals surface area (Å²) in [6.45, 7) is 21.3. The lowest BCUT2D eigenvalue weighted by molar-refractivity contribution is 0.0139. The number of carbonyl (C=O) groups is 1. The van der Waals surface area contributed by atoms with E-state index in [1.54, 1.807) is 0 Å². The third-order valence-corrected chi connectivity index (χ3v) is 7.29. The van der Waals surface area contributed by atoms with Crippen LogP contribution in [0.4, 0.5) is 5.69 Å². The van der Waals surface area contributed by atoms with Crippen LogP contribution in [-0.4, -0.2) is 62.7 Å². The van der Waals surface area contributed by atoms with Crippen LogP contribution in [0.2, 0.25) is 0 Å². The van der Waals surface area contributed by atoms with Crippen LogP contribution in [0.5, 0.6) is 0 Å². The van der Waals surface area contributed by atoms with E-state index < -0.39 is 5.60 Å². The fourth-order valence-electron chi connectivity index (χ4n) is 5.74. The molecule has 2 aliphatic heterocycles. The van der Waals surface area contributed by atoms with Gasteiger partial charge in [0.25, 0.3) is 0 Å². The van der Waals surface area contributed by atoms with Crippen molar-refractivity contribution in [2.24, 2.45) is 0 Å². The Kier molecular flexibility index (Phi) is 13.3. The van der Waals surface area contributed by atoms with E-state index in [-0.39, 0.29) is 5.78 Å². The minimum Gasteiger partial charge on any atom is -0.389 e. The lowest BCUT2D eigenvalue weighted by Crippen LogP contribution is -2.57. The summed E-state index contributed by atoms with van der Waals surface area (Å²) >= 11 is 0. The van der Waals surface area contributed by atoms with Gasteiger partial charge in [0.1, 0.15) is 5.65 Å². The molecule has 6 heteroatoms. The first-order chi connectivity index (χ1) is 19.3. The molecule has 2 fully saturated rings. The normalized spacial score (nSPS) is 18.2. The Morgan fingerprint density at radius 1 is 0.950 bits per heavy atom. The molecule has 2 saturated heterocycles. The summed E-state index contributed by atoms with van der Waals surface area (Å²) in [5.74, 6) is 0.211. The smallest absolute Gasteiger partial charge is 0.162 e. The van der Waals surface area contributed by atoms with Gasteiger partial charge in [-0.05, 0) is 50.8 Å². The van der Waals surface area contributed by atoms with E-state index >= 15 is 0 Å². The van der Waals surface area contributed by atoms with Crippen molar-refractivity contribution in [3.8, 4) is 0 Å². The first kappa shape index (κ1) is 33.5. The summed E-state index contributed by atoms with van der Waals surface area (Å²) in [6, 6.07) is 13.3. The number of piperazine rings is 1. The van der Waals surface area contributed by atoms with E-state index in [0.717, 1.165) is 49.4 Å². The van der Waals surface area contributed by atoms with Crippen molar-refractivity contribution in [3.63, 3.8) is 0 Å². The van der Waals surface area contributed by atoms with Crippen molar-refractivity contribution >= 4 is 22.5 Å². The minimum absolute atomic E-state index is 0.211. The molecule has 2 bridgehead atoms. The molecule has 40 heavy (non-hydrogen) atoms. The number of benzene rings is 1. The molecule has 2 aromatic heterocycles. The summed E-state index contributed by atoms with van der Waals surface area (Å²) in [4.78, 5) is 21.9. The quantitative estimate of drug-likeness (QED) is 0.293. The topological polar surface area (TPSA) is 61.6 Å². The Balaban J connectivity index is 0.000000876. The third kappa shape index (κ3) is 8.17. The van der Waals surface area contributed by atoms with Gasteiger partial charge in [0.15, 0.2) is 5.78 Å². The maximum atomic E-state index is 12.1. The summed E-state index contributed by atoms with van der Waals surface area (Å²) in [6.07, 6.45) is 7.91. The first-order valence-corrected chi connectivity index (χ1v) is 15.6. The van der Waals surface area contributed by atoms with Gasteiger partial charge in [-0.1, -0.05) is 72.7 Å². The zero-order valence-electron chi connectivity index (χ0n) is 26.6. The van der Waals surface area contributed by atoms with Crippen LogP contribution >= 0.6 is 0 Å². The number of hydrogen-bond acceptors (Lipinski definition) is 5. The van der Waals surface area contributed by atoms with Crippen LogP contribution in [0.1, 0.15) is 104 Å². The van der Waals surface area contributed by atoms with Gasteiger partial charge in [0.2, 0.25) is 0 Å². The number of hydrogen-bond donors (Lipinski definition) is 1. The van der Waals surface area contributed by atoms with E-state index in [1.165, 1.54) is 23.9 Å². The average molecular weight is 551 g/mol. The summed E-state index contributed by atoms with van der Waals surface area (Å²) in [5.41, 5.74) is 3.54. The van der Waals surface area contributed by atoms with Gasteiger partial charge in [-0.25, -0.2) is 4.98 Å². The number of rotatable bonds is 8. The average Bonchev–Trinajstić information content (AvgIpc) is 3.46. The van der Waals surface area contributed by atoms with E-state index in [9.17, 15) is 9.90 Å². The van der Waals surface area contributed by atoms with Crippen LogP contribution in [0.15, 0.2) is 48.8 Å². The highest BCUT2D eigenvalue weighted by molar-refractivity contribution is 5.96. The Morgan fingerprint density at radius 2 is 1.55 bits per heavy atom. The Hall–Kier alpha value is -2.70. The molecule has 1 aromatic carbocycles. The predicted molar refractivity (Wildman–Crippen MR) is 171 cm³/mol. The molecule has 2 unspecified atom stereocenters. The highest BCUT2D eigenvalue weighted by Crippen LogP contribution is 2.36. The number of ketones is 1. The number of anilines is 1. The van der Waals surface area contributed by atoms with Gasteiger partial charge in [-0.15, -0.1) is 0 Å². The van der Waals surface area contributed by atoms with Gasteiger partial charge in [0.05, 0.1) is 5.60 Å². The predicted octanol–water partition coefficient (Wildman–Crippen LogP) is 7.57. The number of carbonyl (C=O) groups excluding carboxylic acids is 1. The van der Waals surface area contributed by atoms with Crippen LogP contribution in [0, 0.1) is 0 Å². The largest absolute Gasteiger partial charge is 0.389 e. The second-order valence-electron chi connectivity index (χ2n) is 10.7. The number of fused-ring (bicyclic) bond motifs is 3. The number of aliphatic hydroxyl groups is 1. The first-order valence-electron chi connectivity index (χ1n) is 15.6. The van der Waals surface area contributed by atoms with Crippen molar-refractivity contribution in [1.82, 2.24) is 14.5 Å². The van der Waals surface area contributed by atoms with Crippen LogP contribution in [0.3, 0.4) is 0 Å². The molecule has 0 saturated carbocycles. The van der Waals surface area contributed by atoms with E-state index in [2.05, 4.69) is 44.8 Å². The van der Waals surface area contributed by atoms with Gasteiger partial charge in [0, 0.05) is 73.7 Å². The molecule has 2 atom stereocenters. The maximum absolute atomic E-state index is 12.1. The molecule has 2 aliphatic rings. The van der Waals surface area contributed by atoms with Gasteiger partial charge in [-0.3, -0.25) is 9.69 Å². The number of Topliss-reactive ketones (excluding diaryl/α,β-unsaturated/α-hetero) is 1. The van der Waals surface area contributed by atoms with Crippen LogP contribution < -0.4 is 4.90 Å². The van der Waals surface area contributed by atoms with Crippen molar-refractivity contribution in [1.29, 1.82) is 0 Å². The van der Waals surface area contributed by atoms with Crippen molar-refractivity contribution in [2.75, 3.05) is 24.5 Å². The van der Waals surface area contributed by atoms with E-state index in [4.69, 9.17) is 4.98 Å². The zero-order valence-corrected chi connectivity index (χ0v) is 26.6. The highest BCUT2D eigenvalue weighted by Gasteiger charge is 2.41. The molecule has 4 heterocycles. The molecule has 0 radical (unpaired) electrons. The molecule has 5 rings (SSSR count). The van der Waals surface area contributed by atoms with Gasteiger partial charge < -0.3 is 14.6 Å². The Bertz CT molecular complexity index is 1150. The van der Waals surface area contributed by atoms with Gasteiger partial charge in [-0.2, -0.15) is 0 Å². The lowest BCUT2D eigenvalue weighted by Gasteiger charge is -2.44. The van der Waals surface area contributed by atoms with Gasteiger partial charge >= 0.3 is 0 Å². The maximum Gasteiger partial charge on any atom is 0.162 e. The summed E-state index contributed by atoms with van der Waals surface area (Å²) in [7, 11) is 0. The molecule has 0 aliphatic carbocycles. The number of aromatic nitrogens is 2. The van der Waals surface area contributed by atoms with Crippen molar-refractivity contribution < 1.29 is 9.90 Å². The van der Waals surface area contributed by atoms with Crippen molar-refractivity contribution in [2.45, 2.75) is 112 Å². The molecule has 0 amide bonds. The fraction of sp³-hybridized carbons (Fsp3) is 0.588. The number of nitrogens with zero attached hydrogens (tertiary/aromatic N) is 4. The molecule has 6 nitrogen and oxygen atoms in total. The standard InChI is InChI=1S/C28H36N4O2.3C2H6/c1-4-5-26(33)21-8-6-20(7-9-21)16-30-15-13-24-25(12-14-29-27(24)30)31-17-22-10-11-23(18-31)32(22)19-28(2,3)34;3*1-2/h6-9,12-15,22-23,34H,4-5,10-11,16-19H2,1-3H3;3*1-2H3. The summed E-state index contributed by atoms with van der Waals surface area (Å²) < 4.78 is 2.20. The molecule has 222 valence electrons. The Morgan fingerprint density at radius 3 is 2.10 bits per heavy atom. The molecule has 0 spiro atoms. The molecular formula is C34H54N4O2. The SMILES string of the molecule is CC.CC.CC.CCCC(=O)c1ccc(Cn2ccc3c(N4CC5CCC(C4)N5CC(C)(C)O)ccnc32)cc1. The molecule has 3 aromatic rings. The third-order valence-electron chi connectivity index (χ3n) is 7.29.